The quantitative estimate of drug-likeness (QED) is 0.774. The average molecular weight is 250 g/mol. The van der Waals surface area contributed by atoms with Crippen LogP contribution < -0.4 is 5.69 Å². The molecule has 1 aliphatic rings. The smallest absolute Gasteiger partial charge is 0.298 e. The number of fused-ring (bicyclic) bond motifs is 1. The third kappa shape index (κ3) is 2.04. The van der Waals surface area contributed by atoms with Gasteiger partial charge in [0.2, 0.25) is 0 Å². The van der Waals surface area contributed by atoms with Gasteiger partial charge in [0, 0.05) is 11.3 Å². The Bertz CT molecular complexity index is 529. The van der Waals surface area contributed by atoms with Gasteiger partial charge in [-0.2, -0.15) is 13.2 Å². The van der Waals surface area contributed by atoms with Gasteiger partial charge in [0.1, 0.15) is 11.2 Å². The summed E-state index contributed by atoms with van der Waals surface area (Å²) in [5.41, 5.74) is 0.341. The van der Waals surface area contributed by atoms with Crippen LogP contribution in [0.25, 0.3) is 0 Å². The van der Waals surface area contributed by atoms with Crippen molar-refractivity contribution >= 4 is 12.2 Å². The number of hydrogen-bond donors (Lipinski definition) is 1. The first-order valence-electron chi connectivity index (χ1n) is 4.80. The molecule has 0 radical (unpaired) electrons. The SMILES string of the molecule is O=c1[nH]c(=S)c2c(n1CC(F)(F)F)CCC2. The summed E-state index contributed by atoms with van der Waals surface area (Å²) in [6, 6.07) is 0. The molecule has 0 bridgehead atoms. The van der Waals surface area contributed by atoms with E-state index in [0.717, 1.165) is 11.0 Å². The van der Waals surface area contributed by atoms with E-state index in [4.69, 9.17) is 12.2 Å². The molecule has 0 amide bonds. The highest BCUT2D eigenvalue weighted by molar-refractivity contribution is 7.71. The molecular formula is C9H9F3N2OS. The fourth-order valence-electron chi connectivity index (χ4n) is 1.98. The Kier molecular flexibility index (Phi) is 2.65. The third-order valence-electron chi connectivity index (χ3n) is 2.59. The van der Waals surface area contributed by atoms with Crippen LogP contribution in [-0.2, 0) is 19.4 Å². The van der Waals surface area contributed by atoms with Crippen LogP contribution in [0, 0.1) is 4.64 Å². The van der Waals surface area contributed by atoms with E-state index in [-0.39, 0.29) is 4.64 Å². The zero-order valence-corrected chi connectivity index (χ0v) is 9.04. The summed E-state index contributed by atoms with van der Waals surface area (Å²) < 4.78 is 37.9. The molecule has 0 aliphatic heterocycles. The van der Waals surface area contributed by atoms with Gasteiger partial charge in [-0.25, -0.2) is 4.79 Å². The molecule has 88 valence electrons. The van der Waals surface area contributed by atoms with Crippen LogP contribution in [0.2, 0.25) is 0 Å². The van der Waals surface area contributed by atoms with Gasteiger partial charge in [0.05, 0.1) is 0 Å². The highest BCUT2D eigenvalue weighted by Crippen LogP contribution is 2.24. The van der Waals surface area contributed by atoms with Crippen LogP contribution >= 0.6 is 12.2 Å². The topological polar surface area (TPSA) is 37.8 Å². The molecule has 0 saturated heterocycles. The number of H-pyrrole nitrogens is 1. The normalized spacial score (nSPS) is 15.2. The van der Waals surface area contributed by atoms with Gasteiger partial charge in [-0.05, 0) is 19.3 Å². The minimum absolute atomic E-state index is 0.274. The van der Waals surface area contributed by atoms with Crippen LogP contribution in [0.15, 0.2) is 4.79 Å². The Morgan fingerprint density at radius 2 is 2.06 bits per heavy atom. The Hall–Kier alpha value is -1.11. The fraction of sp³-hybridized carbons (Fsp3) is 0.556. The van der Waals surface area contributed by atoms with Crippen LogP contribution in [0.5, 0.6) is 0 Å². The Morgan fingerprint density at radius 3 is 2.69 bits per heavy atom. The Labute approximate surface area is 93.9 Å². The van der Waals surface area contributed by atoms with E-state index in [0.29, 0.717) is 24.1 Å². The lowest BCUT2D eigenvalue weighted by molar-refractivity contribution is -0.141. The molecule has 0 spiro atoms. The number of aromatic nitrogens is 2. The van der Waals surface area contributed by atoms with Crippen molar-refractivity contribution in [3.05, 3.63) is 26.4 Å². The van der Waals surface area contributed by atoms with Crippen LogP contribution in [0.1, 0.15) is 17.7 Å². The van der Waals surface area contributed by atoms with E-state index in [2.05, 4.69) is 4.98 Å². The summed E-state index contributed by atoms with van der Waals surface area (Å²) in [6.07, 6.45) is -2.52. The van der Waals surface area contributed by atoms with Crippen LogP contribution in [0.4, 0.5) is 13.2 Å². The molecule has 0 atom stereocenters. The van der Waals surface area contributed by atoms with Gasteiger partial charge in [0.15, 0.2) is 0 Å². The van der Waals surface area contributed by atoms with Gasteiger partial charge < -0.3 is 0 Å². The summed E-state index contributed by atoms with van der Waals surface area (Å²) in [5, 5.41) is 0. The van der Waals surface area contributed by atoms with Crippen molar-refractivity contribution in [2.24, 2.45) is 0 Å². The second-order valence-corrected chi connectivity index (χ2v) is 4.15. The molecule has 1 N–H and O–H groups in total. The van der Waals surface area contributed by atoms with Gasteiger partial charge in [0.25, 0.3) is 0 Å². The molecule has 0 saturated carbocycles. The van der Waals surface area contributed by atoms with Crippen molar-refractivity contribution in [2.75, 3.05) is 0 Å². The van der Waals surface area contributed by atoms with Crippen molar-refractivity contribution in [3.63, 3.8) is 0 Å². The van der Waals surface area contributed by atoms with Gasteiger partial charge >= 0.3 is 11.9 Å². The number of nitrogens with zero attached hydrogens (tertiary/aromatic N) is 1. The highest BCUT2D eigenvalue weighted by Gasteiger charge is 2.31. The molecule has 7 heteroatoms. The predicted octanol–water partition coefficient (Wildman–Crippen LogP) is 1.96. The molecule has 1 aromatic heterocycles. The lowest BCUT2D eigenvalue weighted by atomic mass is 10.2. The van der Waals surface area contributed by atoms with Crippen molar-refractivity contribution < 1.29 is 13.2 Å². The van der Waals surface area contributed by atoms with E-state index >= 15 is 0 Å². The highest BCUT2D eigenvalue weighted by atomic mass is 32.1. The standard InChI is InChI=1S/C9H9F3N2OS/c10-9(11,12)4-14-6-3-1-2-5(6)7(16)13-8(14)15/h1-4H2,(H,13,15,16). The Morgan fingerprint density at radius 1 is 1.38 bits per heavy atom. The molecule has 1 heterocycles. The van der Waals surface area contributed by atoms with E-state index in [1.54, 1.807) is 0 Å². The van der Waals surface area contributed by atoms with Crippen molar-refractivity contribution in [1.29, 1.82) is 0 Å². The zero-order valence-electron chi connectivity index (χ0n) is 8.23. The number of rotatable bonds is 1. The van der Waals surface area contributed by atoms with Crippen molar-refractivity contribution in [2.45, 2.75) is 32.0 Å². The first-order valence-corrected chi connectivity index (χ1v) is 5.21. The van der Waals surface area contributed by atoms with E-state index in [1.807, 2.05) is 0 Å². The largest absolute Gasteiger partial charge is 0.406 e. The first-order chi connectivity index (χ1) is 7.38. The summed E-state index contributed by atoms with van der Waals surface area (Å²) in [6.45, 7) is -1.25. The van der Waals surface area contributed by atoms with Crippen LogP contribution in [-0.4, -0.2) is 15.7 Å². The molecule has 1 aliphatic carbocycles. The molecule has 1 aromatic rings. The van der Waals surface area contributed by atoms with Gasteiger partial charge in [-0.1, -0.05) is 12.2 Å². The number of nitrogens with one attached hydrogen (secondary N) is 1. The monoisotopic (exact) mass is 250 g/mol. The number of hydrogen-bond acceptors (Lipinski definition) is 2. The van der Waals surface area contributed by atoms with E-state index in [1.165, 1.54) is 0 Å². The minimum Gasteiger partial charge on any atom is -0.298 e. The second kappa shape index (κ2) is 3.73. The summed E-state index contributed by atoms with van der Waals surface area (Å²) in [5.74, 6) is 0. The van der Waals surface area contributed by atoms with E-state index in [9.17, 15) is 18.0 Å². The lowest BCUT2D eigenvalue weighted by Crippen LogP contribution is -2.32. The summed E-state index contributed by atoms with van der Waals surface area (Å²) in [4.78, 5) is 13.7. The fourth-order valence-corrected chi connectivity index (χ4v) is 2.29. The lowest BCUT2D eigenvalue weighted by Gasteiger charge is -2.13. The summed E-state index contributed by atoms with van der Waals surface area (Å²) >= 11 is 4.92. The molecule has 2 rings (SSSR count). The maximum absolute atomic E-state index is 12.3. The maximum atomic E-state index is 12.3. The van der Waals surface area contributed by atoms with E-state index < -0.39 is 18.4 Å². The predicted molar refractivity (Wildman–Crippen MR) is 54.0 cm³/mol. The summed E-state index contributed by atoms with van der Waals surface area (Å²) in [7, 11) is 0. The second-order valence-electron chi connectivity index (χ2n) is 3.74. The van der Waals surface area contributed by atoms with Crippen molar-refractivity contribution in [3.8, 4) is 0 Å². The number of aromatic amines is 1. The molecule has 3 nitrogen and oxygen atoms in total. The minimum atomic E-state index is -4.39. The molecule has 0 fully saturated rings. The average Bonchev–Trinajstić information content (AvgIpc) is 2.59. The Balaban J connectivity index is 2.58. The molecule has 0 aromatic carbocycles. The molecule has 0 unspecified atom stereocenters. The number of alkyl halides is 3. The molecule has 16 heavy (non-hydrogen) atoms. The van der Waals surface area contributed by atoms with Gasteiger partial charge in [-0.3, -0.25) is 9.55 Å². The van der Waals surface area contributed by atoms with Crippen LogP contribution in [0.3, 0.4) is 0 Å². The maximum Gasteiger partial charge on any atom is 0.406 e. The zero-order chi connectivity index (χ0) is 11.9. The first kappa shape index (κ1) is 11.4. The number of halogens is 3. The van der Waals surface area contributed by atoms with Gasteiger partial charge in [-0.15, -0.1) is 0 Å². The molecular weight excluding hydrogens is 241 g/mol. The third-order valence-corrected chi connectivity index (χ3v) is 2.94. The van der Waals surface area contributed by atoms with Crippen molar-refractivity contribution in [1.82, 2.24) is 9.55 Å².